The van der Waals surface area contributed by atoms with E-state index < -0.39 is 34.4 Å². The van der Waals surface area contributed by atoms with Crippen LogP contribution in [0.3, 0.4) is 0 Å². The van der Waals surface area contributed by atoms with Gasteiger partial charge in [-0.1, -0.05) is 24.6 Å². The Kier molecular flexibility index (Phi) is 4.42. The maximum atomic E-state index is 12.0. The first-order valence-electron chi connectivity index (χ1n) is 6.59. The lowest BCUT2D eigenvalue weighted by Gasteiger charge is -2.15. The van der Waals surface area contributed by atoms with Crippen LogP contribution in [0, 0.1) is 0 Å². The normalized spacial score (nSPS) is 10.5. The second-order valence-electron chi connectivity index (χ2n) is 4.76. The zero-order chi connectivity index (χ0) is 17.3. The number of nitrogens with two attached hydrogens (primary N) is 1. The van der Waals surface area contributed by atoms with Gasteiger partial charge >= 0.3 is 11.9 Å². The van der Waals surface area contributed by atoms with Gasteiger partial charge in [-0.15, -0.1) is 0 Å². The van der Waals surface area contributed by atoms with E-state index in [9.17, 15) is 24.6 Å². The number of hydrogen-bond acceptors (Lipinski definition) is 4. The first kappa shape index (κ1) is 16.6. The summed E-state index contributed by atoms with van der Waals surface area (Å²) in [7, 11) is 0. The molecule has 2 rings (SSSR count). The molecule has 1 aromatic heterocycles. The van der Waals surface area contributed by atoms with Gasteiger partial charge in [0, 0.05) is 10.6 Å². The molecule has 0 amide bonds. The highest BCUT2D eigenvalue weighted by Crippen LogP contribution is 2.33. The molecule has 5 N–H and O–H groups in total. The Labute approximate surface area is 135 Å². The van der Waals surface area contributed by atoms with E-state index in [1.165, 1.54) is 12.1 Å². The van der Waals surface area contributed by atoms with Crippen molar-refractivity contribution in [3.05, 3.63) is 50.3 Å². The van der Waals surface area contributed by atoms with Gasteiger partial charge in [-0.2, -0.15) is 0 Å². The number of H-pyrrole nitrogens is 1. The molecule has 0 aliphatic heterocycles. The minimum absolute atomic E-state index is 0.222. The summed E-state index contributed by atoms with van der Waals surface area (Å²) in [4.78, 5) is 37.1. The number of rotatable bonds is 4. The number of carboxylic acid groups (broad SMARTS) is 2. The third-order valence-corrected chi connectivity index (χ3v) is 3.62. The van der Waals surface area contributed by atoms with E-state index in [-0.39, 0.29) is 5.56 Å². The molecule has 0 bridgehead atoms. The first-order valence-corrected chi connectivity index (χ1v) is 6.96. The highest BCUT2D eigenvalue weighted by molar-refractivity contribution is 6.30. The summed E-state index contributed by atoms with van der Waals surface area (Å²) >= 11 is 5.93. The van der Waals surface area contributed by atoms with Crippen LogP contribution in [0.2, 0.25) is 5.02 Å². The zero-order valence-corrected chi connectivity index (χ0v) is 12.8. The SMILES string of the molecule is CCc1cc(Cl)ccc1-c1c(C(=O)O)c(N)[nH]c(=O)c1C(=O)O. The van der Waals surface area contributed by atoms with Gasteiger partial charge in [0.15, 0.2) is 0 Å². The van der Waals surface area contributed by atoms with E-state index in [1.807, 2.05) is 0 Å². The van der Waals surface area contributed by atoms with Crippen LogP contribution in [0.15, 0.2) is 23.0 Å². The number of nitrogen functional groups attached to an aromatic ring is 1. The summed E-state index contributed by atoms with van der Waals surface area (Å²) in [6.07, 6.45) is 0.459. The Morgan fingerprint density at radius 3 is 2.35 bits per heavy atom. The average Bonchev–Trinajstić information content (AvgIpc) is 2.45. The molecule has 0 atom stereocenters. The van der Waals surface area contributed by atoms with Crippen LogP contribution in [0.4, 0.5) is 5.82 Å². The van der Waals surface area contributed by atoms with E-state index >= 15 is 0 Å². The van der Waals surface area contributed by atoms with Crippen molar-refractivity contribution in [2.24, 2.45) is 0 Å². The summed E-state index contributed by atoms with van der Waals surface area (Å²) in [6.45, 7) is 1.80. The Balaban J connectivity index is 3.03. The van der Waals surface area contributed by atoms with Crippen molar-refractivity contribution in [3.63, 3.8) is 0 Å². The van der Waals surface area contributed by atoms with E-state index in [1.54, 1.807) is 13.0 Å². The van der Waals surface area contributed by atoms with Crippen molar-refractivity contribution in [2.45, 2.75) is 13.3 Å². The zero-order valence-electron chi connectivity index (χ0n) is 12.0. The molecule has 0 unspecified atom stereocenters. The maximum absolute atomic E-state index is 12.0. The molecule has 0 saturated carbocycles. The molecular weight excluding hydrogens is 324 g/mol. The lowest BCUT2D eigenvalue weighted by molar-refractivity contribution is 0.0695. The Hall–Kier alpha value is -2.80. The third kappa shape index (κ3) is 2.91. The van der Waals surface area contributed by atoms with Crippen LogP contribution in [0.25, 0.3) is 11.1 Å². The fourth-order valence-electron chi connectivity index (χ4n) is 2.41. The van der Waals surface area contributed by atoms with Crippen molar-refractivity contribution < 1.29 is 19.8 Å². The van der Waals surface area contributed by atoms with E-state index in [2.05, 4.69) is 4.98 Å². The number of aryl methyl sites for hydroxylation is 1. The number of aromatic nitrogens is 1. The lowest BCUT2D eigenvalue weighted by Crippen LogP contribution is -2.24. The predicted molar refractivity (Wildman–Crippen MR) is 85.2 cm³/mol. The number of halogens is 1. The molecule has 0 spiro atoms. The summed E-state index contributed by atoms with van der Waals surface area (Å²) in [6, 6.07) is 4.56. The molecule has 2 aromatic rings. The second kappa shape index (κ2) is 6.13. The molecule has 8 heteroatoms. The van der Waals surface area contributed by atoms with Gasteiger partial charge in [-0.3, -0.25) is 4.79 Å². The lowest BCUT2D eigenvalue weighted by atomic mass is 9.91. The highest BCUT2D eigenvalue weighted by Gasteiger charge is 2.27. The molecule has 0 aliphatic rings. The second-order valence-corrected chi connectivity index (χ2v) is 5.19. The van der Waals surface area contributed by atoms with Crippen LogP contribution < -0.4 is 11.3 Å². The molecule has 0 fully saturated rings. The van der Waals surface area contributed by atoms with Crippen molar-refractivity contribution in [1.29, 1.82) is 0 Å². The standard InChI is InChI=1S/C15H13ClN2O5/c1-2-6-5-7(16)3-4-8(6)9-10(14(20)21)12(17)18-13(19)11(9)15(22)23/h3-5H,2H2,1H3,(H,20,21)(H,22,23)(H3,17,18,19). The minimum atomic E-state index is -1.54. The van der Waals surface area contributed by atoms with Gasteiger partial charge < -0.3 is 20.9 Å². The number of aromatic carboxylic acids is 2. The van der Waals surface area contributed by atoms with Gasteiger partial charge in [0.25, 0.3) is 5.56 Å². The fourth-order valence-corrected chi connectivity index (χ4v) is 2.61. The molecule has 1 heterocycles. The monoisotopic (exact) mass is 336 g/mol. The molecular formula is C15H13ClN2O5. The van der Waals surface area contributed by atoms with Crippen LogP contribution >= 0.6 is 11.6 Å². The Morgan fingerprint density at radius 1 is 1.22 bits per heavy atom. The van der Waals surface area contributed by atoms with Crippen LogP contribution in [0.1, 0.15) is 33.2 Å². The molecule has 0 radical (unpaired) electrons. The Morgan fingerprint density at radius 2 is 1.83 bits per heavy atom. The van der Waals surface area contributed by atoms with Gasteiger partial charge in [-0.25, -0.2) is 9.59 Å². The molecule has 23 heavy (non-hydrogen) atoms. The van der Waals surface area contributed by atoms with Gasteiger partial charge in [0.1, 0.15) is 16.9 Å². The molecule has 0 aliphatic carbocycles. The third-order valence-electron chi connectivity index (χ3n) is 3.39. The Bertz CT molecular complexity index is 873. The highest BCUT2D eigenvalue weighted by atomic mass is 35.5. The first-order chi connectivity index (χ1) is 10.8. The van der Waals surface area contributed by atoms with Gasteiger partial charge in [-0.05, 0) is 29.7 Å². The topological polar surface area (TPSA) is 133 Å². The number of nitrogens with one attached hydrogen (secondary N) is 1. The van der Waals surface area contributed by atoms with E-state index in [4.69, 9.17) is 17.3 Å². The summed E-state index contributed by atoms with van der Waals surface area (Å²) in [5.74, 6) is -3.38. The van der Waals surface area contributed by atoms with Crippen LogP contribution in [-0.2, 0) is 6.42 Å². The van der Waals surface area contributed by atoms with Crippen molar-refractivity contribution in [1.82, 2.24) is 4.98 Å². The summed E-state index contributed by atoms with van der Waals surface area (Å²) < 4.78 is 0. The number of carbonyl (C=O) groups is 2. The predicted octanol–water partition coefficient (Wildman–Crippen LogP) is 2.24. The van der Waals surface area contributed by atoms with Gasteiger partial charge in [0.05, 0.1) is 0 Å². The fraction of sp³-hybridized carbons (Fsp3) is 0.133. The van der Waals surface area contributed by atoms with Crippen LogP contribution in [0.5, 0.6) is 0 Å². The largest absolute Gasteiger partial charge is 0.478 e. The molecule has 1 aromatic carbocycles. The summed E-state index contributed by atoms with van der Waals surface area (Å²) in [5, 5.41) is 19.2. The smallest absolute Gasteiger partial charge is 0.342 e. The average molecular weight is 337 g/mol. The maximum Gasteiger partial charge on any atom is 0.342 e. The number of aromatic amines is 1. The van der Waals surface area contributed by atoms with E-state index in [0.29, 0.717) is 22.6 Å². The molecule has 0 saturated heterocycles. The van der Waals surface area contributed by atoms with Crippen molar-refractivity contribution >= 4 is 29.4 Å². The van der Waals surface area contributed by atoms with Crippen molar-refractivity contribution in [3.8, 4) is 11.1 Å². The number of carboxylic acids is 2. The van der Waals surface area contributed by atoms with E-state index in [0.717, 1.165) is 0 Å². The quantitative estimate of drug-likeness (QED) is 0.676. The molecule has 7 nitrogen and oxygen atoms in total. The summed E-state index contributed by atoms with van der Waals surface area (Å²) in [5.41, 5.74) is 4.18. The number of hydrogen-bond donors (Lipinski definition) is 4. The number of anilines is 1. The number of pyridine rings is 1. The number of benzene rings is 1. The molecule has 120 valence electrons. The van der Waals surface area contributed by atoms with Crippen molar-refractivity contribution in [2.75, 3.05) is 5.73 Å². The van der Waals surface area contributed by atoms with Gasteiger partial charge in [0.2, 0.25) is 0 Å². The minimum Gasteiger partial charge on any atom is -0.478 e. The van der Waals surface area contributed by atoms with Crippen LogP contribution in [-0.4, -0.2) is 27.1 Å².